The van der Waals surface area contributed by atoms with Crippen LogP contribution in [-0.2, 0) is 6.54 Å². The van der Waals surface area contributed by atoms with Crippen LogP contribution in [0.2, 0.25) is 0 Å². The summed E-state index contributed by atoms with van der Waals surface area (Å²) in [5.74, 6) is 0.991. The van der Waals surface area contributed by atoms with Gasteiger partial charge in [0.1, 0.15) is 5.75 Å². The first kappa shape index (κ1) is 12.1. The molecule has 0 aliphatic rings. The Hall–Kier alpha value is -1.02. The molecule has 0 saturated heterocycles. The largest absolute Gasteiger partial charge is 0.494 e. The second kappa shape index (κ2) is 5.76. The highest BCUT2D eigenvalue weighted by Crippen LogP contribution is 2.18. The zero-order chi connectivity index (χ0) is 11.3. The summed E-state index contributed by atoms with van der Waals surface area (Å²) >= 11 is 0. The lowest BCUT2D eigenvalue weighted by Gasteiger charge is -2.11. The average Bonchev–Trinajstić information content (AvgIpc) is 2.19. The van der Waals surface area contributed by atoms with E-state index >= 15 is 0 Å². The Morgan fingerprint density at radius 1 is 1.33 bits per heavy atom. The molecule has 2 heteroatoms. The first-order valence-electron chi connectivity index (χ1n) is 5.59. The van der Waals surface area contributed by atoms with E-state index in [0.717, 1.165) is 18.9 Å². The topological polar surface area (TPSA) is 21.3 Å². The van der Waals surface area contributed by atoms with E-state index in [0.29, 0.717) is 6.04 Å². The summed E-state index contributed by atoms with van der Waals surface area (Å²) in [6.07, 6.45) is 0. The maximum atomic E-state index is 5.50. The molecule has 0 heterocycles. The number of benzene rings is 1. The van der Waals surface area contributed by atoms with Crippen LogP contribution < -0.4 is 10.1 Å². The fourth-order valence-corrected chi connectivity index (χ4v) is 1.46. The Morgan fingerprint density at radius 2 is 2.07 bits per heavy atom. The number of nitrogens with one attached hydrogen (secondary N) is 1. The lowest BCUT2D eigenvalue weighted by atomic mass is 10.1. The molecular formula is C13H21NO. The normalized spacial score (nSPS) is 10.7. The van der Waals surface area contributed by atoms with E-state index < -0.39 is 0 Å². The molecule has 0 unspecified atom stereocenters. The fraction of sp³-hybridized carbons (Fsp3) is 0.538. The van der Waals surface area contributed by atoms with Gasteiger partial charge in [-0.05, 0) is 31.0 Å². The molecule has 0 bridgehead atoms. The zero-order valence-electron chi connectivity index (χ0n) is 10.1. The van der Waals surface area contributed by atoms with Crippen molar-refractivity contribution >= 4 is 0 Å². The smallest absolute Gasteiger partial charge is 0.122 e. The molecule has 2 nitrogen and oxygen atoms in total. The summed E-state index contributed by atoms with van der Waals surface area (Å²) in [7, 11) is 0. The van der Waals surface area contributed by atoms with E-state index in [2.05, 4.69) is 44.3 Å². The van der Waals surface area contributed by atoms with Crippen molar-refractivity contribution in [2.24, 2.45) is 0 Å². The van der Waals surface area contributed by atoms with Crippen LogP contribution in [0.3, 0.4) is 0 Å². The summed E-state index contributed by atoms with van der Waals surface area (Å²) in [4.78, 5) is 0. The van der Waals surface area contributed by atoms with Gasteiger partial charge in [-0.15, -0.1) is 0 Å². The molecule has 0 spiro atoms. The second-order valence-corrected chi connectivity index (χ2v) is 4.07. The van der Waals surface area contributed by atoms with Crippen molar-refractivity contribution in [3.8, 4) is 5.75 Å². The van der Waals surface area contributed by atoms with Crippen molar-refractivity contribution in [1.82, 2.24) is 5.32 Å². The SMILES string of the molecule is CCOc1ccc(CNC(C)C)cc1C. The van der Waals surface area contributed by atoms with Crippen molar-refractivity contribution in [1.29, 1.82) is 0 Å². The Morgan fingerprint density at radius 3 is 2.60 bits per heavy atom. The Bertz CT molecular complexity index is 307. The van der Waals surface area contributed by atoms with Crippen LogP contribution in [-0.4, -0.2) is 12.6 Å². The van der Waals surface area contributed by atoms with Gasteiger partial charge in [-0.2, -0.15) is 0 Å². The summed E-state index contributed by atoms with van der Waals surface area (Å²) in [6.45, 7) is 10.1. The Kier molecular flexibility index (Phi) is 4.63. The minimum Gasteiger partial charge on any atom is -0.494 e. The number of ether oxygens (including phenoxy) is 1. The summed E-state index contributed by atoms with van der Waals surface area (Å²) in [6, 6.07) is 6.88. The summed E-state index contributed by atoms with van der Waals surface area (Å²) in [5.41, 5.74) is 2.52. The van der Waals surface area contributed by atoms with Crippen LogP contribution in [0.1, 0.15) is 31.9 Å². The van der Waals surface area contributed by atoms with Crippen LogP contribution in [0.15, 0.2) is 18.2 Å². The first-order valence-corrected chi connectivity index (χ1v) is 5.59. The maximum Gasteiger partial charge on any atom is 0.122 e. The van der Waals surface area contributed by atoms with E-state index in [1.54, 1.807) is 0 Å². The molecule has 1 N–H and O–H groups in total. The van der Waals surface area contributed by atoms with E-state index in [1.807, 2.05) is 6.92 Å². The van der Waals surface area contributed by atoms with Crippen LogP contribution in [0.25, 0.3) is 0 Å². The van der Waals surface area contributed by atoms with E-state index in [4.69, 9.17) is 4.74 Å². The molecular weight excluding hydrogens is 186 g/mol. The highest BCUT2D eigenvalue weighted by molar-refractivity contribution is 5.36. The van der Waals surface area contributed by atoms with Gasteiger partial charge in [0.05, 0.1) is 6.61 Å². The van der Waals surface area contributed by atoms with Crippen molar-refractivity contribution in [3.05, 3.63) is 29.3 Å². The van der Waals surface area contributed by atoms with Crippen LogP contribution in [0.4, 0.5) is 0 Å². The highest BCUT2D eigenvalue weighted by Gasteiger charge is 2.01. The van der Waals surface area contributed by atoms with Crippen molar-refractivity contribution in [3.63, 3.8) is 0 Å². The third-order valence-electron chi connectivity index (χ3n) is 2.25. The van der Waals surface area contributed by atoms with Gasteiger partial charge in [-0.25, -0.2) is 0 Å². The first-order chi connectivity index (χ1) is 7.13. The van der Waals surface area contributed by atoms with Gasteiger partial charge in [0.15, 0.2) is 0 Å². The molecule has 0 radical (unpaired) electrons. The number of aryl methyl sites for hydroxylation is 1. The average molecular weight is 207 g/mol. The van der Waals surface area contributed by atoms with E-state index in [9.17, 15) is 0 Å². The summed E-state index contributed by atoms with van der Waals surface area (Å²) in [5, 5.41) is 3.40. The number of hydrogen-bond acceptors (Lipinski definition) is 2. The van der Waals surface area contributed by atoms with Gasteiger partial charge < -0.3 is 10.1 Å². The minimum absolute atomic E-state index is 0.525. The molecule has 0 atom stereocenters. The molecule has 0 aliphatic carbocycles. The molecule has 1 aromatic rings. The highest BCUT2D eigenvalue weighted by atomic mass is 16.5. The molecule has 1 rings (SSSR count). The lowest BCUT2D eigenvalue weighted by Crippen LogP contribution is -2.21. The van der Waals surface area contributed by atoms with Gasteiger partial charge in [-0.1, -0.05) is 26.0 Å². The van der Waals surface area contributed by atoms with E-state index in [-0.39, 0.29) is 0 Å². The predicted molar refractivity (Wildman–Crippen MR) is 64.3 cm³/mol. The third kappa shape index (κ3) is 3.92. The van der Waals surface area contributed by atoms with Crippen molar-refractivity contribution in [2.45, 2.75) is 40.3 Å². The quantitative estimate of drug-likeness (QED) is 0.801. The molecule has 84 valence electrons. The van der Waals surface area contributed by atoms with Gasteiger partial charge in [0, 0.05) is 12.6 Å². The van der Waals surface area contributed by atoms with Gasteiger partial charge in [-0.3, -0.25) is 0 Å². The van der Waals surface area contributed by atoms with Gasteiger partial charge in [0.25, 0.3) is 0 Å². The minimum atomic E-state index is 0.525. The second-order valence-electron chi connectivity index (χ2n) is 4.07. The van der Waals surface area contributed by atoms with Crippen LogP contribution in [0.5, 0.6) is 5.75 Å². The van der Waals surface area contributed by atoms with Crippen molar-refractivity contribution in [2.75, 3.05) is 6.61 Å². The molecule has 0 amide bonds. The molecule has 1 aromatic carbocycles. The van der Waals surface area contributed by atoms with Crippen LogP contribution in [0, 0.1) is 6.92 Å². The number of hydrogen-bond donors (Lipinski definition) is 1. The standard InChI is InChI=1S/C13H21NO/c1-5-15-13-7-6-12(8-11(13)4)9-14-10(2)3/h6-8,10,14H,5,9H2,1-4H3. The van der Waals surface area contributed by atoms with Crippen LogP contribution >= 0.6 is 0 Å². The number of rotatable bonds is 5. The third-order valence-corrected chi connectivity index (χ3v) is 2.25. The fourth-order valence-electron chi connectivity index (χ4n) is 1.46. The van der Waals surface area contributed by atoms with Crippen molar-refractivity contribution < 1.29 is 4.74 Å². The Balaban J connectivity index is 2.64. The molecule has 0 aliphatic heterocycles. The maximum absolute atomic E-state index is 5.50. The zero-order valence-corrected chi connectivity index (χ0v) is 10.1. The monoisotopic (exact) mass is 207 g/mol. The molecule has 0 aromatic heterocycles. The lowest BCUT2D eigenvalue weighted by molar-refractivity contribution is 0.337. The Labute approximate surface area is 92.6 Å². The van der Waals surface area contributed by atoms with Gasteiger partial charge in [0.2, 0.25) is 0 Å². The predicted octanol–water partition coefficient (Wildman–Crippen LogP) is 2.89. The summed E-state index contributed by atoms with van der Waals surface area (Å²) < 4.78 is 5.50. The molecule has 0 fully saturated rings. The van der Waals surface area contributed by atoms with Gasteiger partial charge >= 0.3 is 0 Å². The van der Waals surface area contributed by atoms with E-state index in [1.165, 1.54) is 11.1 Å². The molecule has 15 heavy (non-hydrogen) atoms. The molecule has 0 saturated carbocycles.